The lowest BCUT2D eigenvalue weighted by Crippen LogP contribution is -2.35. The predicted molar refractivity (Wildman–Crippen MR) is 198 cm³/mol. The van der Waals surface area contributed by atoms with Crippen LogP contribution in [0.3, 0.4) is 0 Å². The first-order valence-corrected chi connectivity index (χ1v) is 17.5. The molecule has 0 bridgehead atoms. The van der Waals surface area contributed by atoms with Gasteiger partial charge in [0.05, 0.1) is 61.5 Å². The second-order valence-electron chi connectivity index (χ2n) is 12.6. The van der Waals surface area contributed by atoms with Gasteiger partial charge in [0, 0.05) is 50.3 Å². The molecule has 0 N–H and O–H groups in total. The van der Waals surface area contributed by atoms with E-state index in [0.29, 0.717) is 45.9 Å². The van der Waals surface area contributed by atoms with E-state index in [-0.39, 0.29) is 11.8 Å². The lowest BCUT2D eigenvalue weighted by Gasteiger charge is -2.28. The highest BCUT2D eigenvalue weighted by Gasteiger charge is 2.25. The topological polar surface area (TPSA) is 85.4 Å². The van der Waals surface area contributed by atoms with E-state index in [1.165, 1.54) is 21.3 Å². The molecule has 1 saturated heterocycles. The Morgan fingerprint density at radius 1 is 0.940 bits per heavy atom. The summed E-state index contributed by atoms with van der Waals surface area (Å²) in [5.41, 5.74) is 4.68. The molecule has 1 aliphatic rings. The largest absolute Gasteiger partial charge is 0.493 e. The molecule has 12 heteroatoms. The Bertz CT molecular complexity index is 1890. The summed E-state index contributed by atoms with van der Waals surface area (Å²) in [6, 6.07) is 19.4. The van der Waals surface area contributed by atoms with E-state index < -0.39 is 0 Å². The fourth-order valence-corrected chi connectivity index (χ4v) is 7.03. The van der Waals surface area contributed by atoms with Crippen molar-refractivity contribution in [1.29, 1.82) is 0 Å². The summed E-state index contributed by atoms with van der Waals surface area (Å²) in [5, 5.41) is 0.999. The summed E-state index contributed by atoms with van der Waals surface area (Å²) >= 11 is 12.8. The van der Waals surface area contributed by atoms with Crippen LogP contribution in [0.4, 0.5) is 5.95 Å². The highest BCUT2D eigenvalue weighted by atomic mass is 35.5. The van der Waals surface area contributed by atoms with Crippen molar-refractivity contribution >= 4 is 46.1 Å². The third kappa shape index (κ3) is 7.83. The maximum atomic E-state index is 13.8. The van der Waals surface area contributed by atoms with Crippen LogP contribution in [0.2, 0.25) is 10.0 Å². The molecule has 0 saturated carbocycles. The van der Waals surface area contributed by atoms with E-state index in [1.54, 1.807) is 29.6 Å². The Balaban J connectivity index is 1.17. The van der Waals surface area contributed by atoms with Crippen molar-refractivity contribution in [2.45, 2.75) is 25.3 Å². The average Bonchev–Trinajstić information content (AvgIpc) is 3.72. The second kappa shape index (κ2) is 16.1. The molecule has 50 heavy (non-hydrogen) atoms. The quantitative estimate of drug-likeness (QED) is 0.124. The molecule has 1 fully saturated rings. The molecule has 1 atom stereocenters. The number of rotatable bonds is 13. The van der Waals surface area contributed by atoms with Gasteiger partial charge >= 0.3 is 0 Å². The lowest BCUT2D eigenvalue weighted by molar-refractivity contribution is 0.0782. The first-order chi connectivity index (χ1) is 24.3. The van der Waals surface area contributed by atoms with Gasteiger partial charge in [0.2, 0.25) is 11.7 Å². The van der Waals surface area contributed by atoms with Gasteiger partial charge in [-0.3, -0.25) is 4.79 Å². The van der Waals surface area contributed by atoms with Gasteiger partial charge in [-0.2, -0.15) is 0 Å². The fourth-order valence-electron chi connectivity index (χ4n) is 6.73. The highest BCUT2D eigenvalue weighted by molar-refractivity contribution is 6.42. The molecule has 6 rings (SSSR count). The Kier molecular flexibility index (Phi) is 11.4. The summed E-state index contributed by atoms with van der Waals surface area (Å²) < 4.78 is 24.1. The van der Waals surface area contributed by atoms with Crippen molar-refractivity contribution in [3.8, 4) is 17.2 Å². The van der Waals surface area contributed by atoms with Crippen LogP contribution in [0.5, 0.6) is 17.2 Å². The SMILES string of the molecule is COc1cc(C(=O)N(C)CC(CCN2CCCN(c3nc4ccccc4n3Cc3ccoc3)CC2)c2ccc(Cl)c(Cl)c2)cc(OC)c1OC. The number of amides is 1. The monoisotopic (exact) mass is 719 g/mol. The molecule has 0 radical (unpaired) electrons. The van der Waals surface area contributed by atoms with Gasteiger partial charge in [-0.1, -0.05) is 41.4 Å². The van der Waals surface area contributed by atoms with Gasteiger partial charge in [0.25, 0.3) is 5.91 Å². The number of methoxy groups -OCH3 is 3. The molecule has 1 aliphatic heterocycles. The molecule has 2 aromatic heterocycles. The molecular weight excluding hydrogens is 677 g/mol. The number of imidazole rings is 1. The number of furan rings is 1. The summed E-state index contributed by atoms with van der Waals surface area (Å²) in [4.78, 5) is 25.5. The third-order valence-corrected chi connectivity index (χ3v) is 10.1. The number of ether oxygens (including phenoxy) is 3. The van der Waals surface area contributed by atoms with Crippen LogP contribution >= 0.6 is 23.2 Å². The maximum Gasteiger partial charge on any atom is 0.253 e. The molecule has 10 nitrogen and oxygen atoms in total. The van der Waals surface area contributed by atoms with Crippen molar-refractivity contribution < 1.29 is 23.4 Å². The number of likely N-dealkylation sites (N-methyl/N-ethyl adjacent to an activating group) is 1. The Hall–Kier alpha value is -4.38. The van der Waals surface area contributed by atoms with E-state index in [1.807, 2.05) is 37.4 Å². The van der Waals surface area contributed by atoms with Crippen LogP contribution in [-0.4, -0.2) is 92.9 Å². The van der Waals surface area contributed by atoms with Gasteiger partial charge in [-0.15, -0.1) is 0 Å². The molecule has 5 aromatic rings. The van der Waals surface area contributed by atoms with Crippen molar-refractivity contribution in [2.75, 3.05) is 72.5 Å². The minimum absolute atomic E-state index is 0.0132. The number of para-hydroxylation sites is 2. The molecule has 1 unspecified atom stereocenters. The number of nitrogens with zero attached hydrogens (tertiary/aromatic N) is 5. The number of anilines is 1. The lowest BCUT2D eigenvalue weighted by atomic mass is 9.94. The van der Waals surface area contributed by atoms with Crippen LogP contribution in [0.1, 0.15) is 40.2 Å². The Morgan fingerprint density at radius 2 is 1.72 bits per heavy atom. The minimum Gasteiger partial charge on any atom is -0.493 e. The summed E-state index contributed by atoms with van der Waals surface area (Å²) in [6.45, 7) is 5.65. The van der Waals surface area contributed by atoms with Crippen LogP contribution in [-0.2, 0) is 6.54 Å². The number of hydrogen-bond acceptors (Lipinski definition) is 8. The van der Waals surface area contributed by atoms with E-state index in [0.717, 1.165) is 73.7 Å². The van der Waals surface area contributed by atoms with Crippen molar-refractivity contribution in [3.63, 3.8) is 0 Å². The molecule has 0 spiro atoms. The zero-order chi connectivity index (χ0) is 35.2. The summed E-state index contributed by atoms with van der Waals surface area (Å²) in [6.07, 6.45) is 5.34. The van der Waals surface area contributed by atoms with E-state index in [9.17, 15) is 4.79 Å². The number of aromatic nitrogens is 2. The summed E-state index contributed by atoms with van der Waals surface area (Å²) in [5.74, 6) is 2.13. The standard InChI is InChI=1S/C38H43Cl2N5O5/c1-42(37(46)29-21-34(47-2)36(49-4)35(22-29)48-3)24-28(27-10-11-30(39)31(40)20-27)12-16-43-14-7-15-44(18-17-43)38-41-32-8-5-6-9-33(32)45(38)23-26-13-19-50-25-26/h5-6,8-11,13,19-22,25,28H,7,12,14-18,23-24H2,1-4H3. The molecule has 1 amide bonds. The normalized spacial score (nSPS) is 14.4. The molecule has 264 valence electrons. The van der Waals surface area contributed by atoms with Crippen molar-refractivity contribution in [3.05, 3.63) is 99.9 Å². The number of benzene rings is 3. The highest BCUT2D eigenvalue weighted by Crippen LogP contribution is 2.39. The maximum absolute atomic E-state index is 13.8. The molecule has 3 aromatic carbocycles. The van der Waals surface area contributed by atoms with Gasteiger partial charge in [-0.05, 0) is 74.0 Å². The van der Waals surface area contributed by atoms with Gasteiger partial charge in [0.1, 0.15) is 0 Å². The van der Waals surface area contributed by atoms with Crippen molar-refractivity contribution in [2.24, 2.45) is 0 Å². The molecular formula is C38H43Cl2N5O5. The number of carbonyl (C=O) groups is 1. The number of fused-ring (bicyclic) bond motifs is 1. The zero-order valence-electron chi connectivity index (χ0n) is 28.9. The minimum atomic E-state index is -0.155. The Labute approximate surface area is 303 Å². The number of carbonyl (C=O) groups excluding carboxylic acids is 1. The van der Waals surface area contributed by atoms with E-state index in [4.69, 9.17) is 46.8 Å². The second-order valence-corrected chi connectivity index (χ2v) is 13.4. The van der Waals surface area contributed by atoms with Crippen LogP contribution in [0, 0.1) is 0 Å². The molecule has 3 heterocycles. The number of hydrogen-bond donors (Lipinski definition) is 0. The zero-order valence-corrected chi connectivity index (χ0v) is 30.4. The van der Waals surface area contributed by atoms with Gasteiger partial charge in [0.15, 0.2) is 11.5 Å². The van der Waals surface area contributed by atoms with E-state index >= 15 is 0 Å². The first-order valence-electron chi connectivity index (χ1n) is 16.7. The predicted octanol–water partition coefficient (Wildman–Crippen LogP) is 7.47. The smallest absolute Gasteiger partial charge is 0.253 e. The van der Waals surface area contributed by atoms with Crippen molar-refractivity contribution in [1.82, 2.24) is 19.4 Å². The van der Waals surface area contributed by atoms with Crippen LogP contribution < -0.4 is 19.1 Å². The Morgan fingerprint density at radius 3 is 2.42 bits per heavy atom. The van der Waals surface area contributed by atoms with Crippen LogP contribution in [0.25, 0.3) is 11.0 Å². The van der Waals surface area contributed by atoms with Gasteiger partial charge < -0.3 is 37.9 Å². The molecule has 0 aliphatic carbocycles. The fraction of sp³-hybridized carbons (Fsp3) is 0.368. The first kappa shape index (κ1) is 35.4. The van der Waals surface area contributed by atoms with Crippen LogP contribution in [0.15, 0.2) is 77.6 Å². The number of halogens is 2. The van der Waals surface area contributed by atoms with Gasteiger partial charge in [-0.25, -0.2) is 4.98 Å². The van der Waals surface area contributed by atoms with E-state index in [2.05, 4.69) is 32.6 Å². The third-order valence-electron chi connectivity index (χ3n) is 9.39. The average molecular weight is 721 g/mol. The summed E-state index contributed by atoms with van der Waals surface area (Å²) in [7, 11) is 6.43.